The largest absolute Gasteiger partial charge is 0.352 e. The number of halogens is 2. The van der Waals surface area contributed by atoms with Crippen LogP contribution >= 0.6 is 15.9 Å². The van der Waals surface area contributed by atoms with Crippen molar-refractivity contribution in [2.75, 3.05) is 19.6 Å². The van der Waals surface area contributed by atoms with Crippen molar-refractivity contribution >= 4 is 27.9 Å². The van der Waals surface area contributed by atoms with E-state index < -0.39 is 0 Å². The predicted molar refractivity (Wildman–Crippen MR) is 148 cm³/mol. The Balaban J connectivity index is 0.929. The van der Waals surface area contributed by atoms with Crippen LogP contribution < -0.4 is 16.0 Å². The highest BCUT2D eigenvalue weighted by molar-refractivity contribution is 9.10. The van der Waals surface area contributed by atoms with Gasteiger partial charge in [-0.2, -0.15) is 0 Å². The van der Waals surface area contributed by atoms with Crippen molar-refractivity contribution in [1.29, 1.82) is 0 Å². The summed E-state index contributed by atoms with van der Waals surface area (Å²) in [5, 5.41) is 17.7. The summed E-state index contributed by atoms with van der Waals surface area (Å²) in [6.07, 6.45) is 11.2. The Hall–Kier alpha value is -2.53. The smallest absolute Gasteiger partial charge is 0.315 e. The van der Waals surface area contributed by atoms with Gasteiger partial charge < -0.3 is 16.0 Å². The van der Waals surface area contributed by atoms with Crippen LogP contribution in [0, 0.1) is 23.6 Å². The standard InChI is InChI=1S/C28H37BrFN7O2/c29-21-3-4-24(30)25(11-21)37-17-23(34-35-37)16-36-7-1-2-22(15-36)32-26(38)5-6-31-27(39)33-28-12-18-8-19(13-28)10-20(9-18)14-28/h3-4,11,17-20,22H,1-2,5-10,12-16H2,(H,32,38)(H2,31,33,39). The summed E-state index contributed by atoms with van der Waals surface area (Å²) in [5.74, 6) is 1.92. The molecule has 0 spiro atoms. The van der Waals surface area contributed by atoms with E-state index >= 15 is 0 Å². The molecule has 1 aromatic carbocycles. The van der Waals surface area contributed by atoms with Gasteiger partial charge in [-0.3, -0.25) is 9.69 Å². The van der Waals surface area contributed by atoms with E-state index in [2.05, 4.69) is 47.1 Å². The molecule has 11 heteroatoms. The molecule has 3 N–H and O–H groups in total. The van der Waals surface area contributed by atoms with Crippen molar-refractivity contribution in [1.82, 2.24) is 35.8 Å². The van der Waals surface area contributed by atoms with E-state index in [-0.39, 0.29) is 35.8 Å². The van der Waals surface area contributed by atoms with Gasteiger partial charge >= 0.3 is 6.03 Å². The van der Waals surface area contributed by atoms with Crippen LogP contribution in [0.25, 0.3) is 5.69 Å². The first-order chi connectivity index (χ1) is 18.8. The van der Waals surface area contributed by atoms with Gasteiger partial charge in [-0.05, 0) is 93.9 Å². The van der Waals surface area contributed by atoms with Crippen LogP contribution in [0.5, 0.6) is 0 Å². The third kappa shape index (κ3) is 6.29. The van der Waals surface area contributed by atoms with Crippen molar-refractivity contribution in [3.8, 4) is 5.69 Å². The molecule has 1 aliphatic heterocycles. The van der Waals surface area contributed by atoms with E-state index in [1.54, 1.807) is 18.3 Å². The average Bonchev–Trinajstić information content (AvgIpc) is 3.32. The molecule has 2 aromatic rings. The molecule has 2 heterocycles. The highest BCUT2D eigenvalue weighted by Gasteiger charge is 2.51. The van der Waals surface area contributed by atoms with E-state index in [4.69, 9.17) is 0 Å². The SMILES string of the molecule is O=C(CCNC(=O)NC12CC3CC(CC(C3)C1)C2)NC1CCCN(Cc2cn(-c3cc(Br)ccc3F)nn2)C1. The molecule has 0 radical (unpaired) electrons. The normalized spacial score (nSPS) is 29.8. The third-order valence-corrected chi connectivity index (χ3v) is 9.50. The Morgan fingerprint density at radius 1 is 1.13 bits per heavy atom. The highest BCUT2D eigenvalue weighted by atomic mass is 79.9. The number of urea groups is 1. The molecule has 1 unspecified atom stereocenters. The molecule has 3 amide bonds. The minimum Gasteiger partial charge on any atom is -0.352 e. The number of hydrogen-bond acceptors (Lipinski definition) is 5. The van der Waals surface area contributed by atoms with E-state index in [9.17, 15) is 14.0 Å². The molecular weight excluding hydrogens is 565 g/mol. The van der Waals surface area contributed by atoms with Gasteiger partial charge in [0, 0.05) is 42.1 Å². The number of hydrogen-bond donors (Lipinski definition) is 3. The minimum atomic E-state index is -0.366. The Morgan fingerprint density at radius 3 is 2.62 bits per heavy atom. The topological polar surface area (TPSA) is 104 Å². The average molecular weight is 603 g/mol. The number of carbonyl (C=O) groups is 2. The van der Waals surface area contributed by atoms with Crippen molar-refractivity contribution < 1.29 is 14.0 Å². The number of rotatable bonds is 8. The van der Waals surface area contributed by atoms with Crippen molar-refractivity contribution in [3.05, 3.63) is 40.4 Å². The molecule has 5 fully saturated rings. The molecule has 1 atom stereocenters. The molecule has 4 aliphatic carbocycles. The second-order valence-corrected chi connectivity index (χ2v) is 13.1. The van der Waals surface area contributed by atoms with Crippen LogP contribution in [0.15, 0.2) is 28.9 Å². The quantitative estimate of drug-likeness (QED) is 0.425. The Bertz CT molecular complexity index is 1180. The van der Waals surface area contributed by atoms with Crippen LogP contribution in [-0.2, 0) is 11.3 Å². The van der Waals surface area contributed by atoms with Crippen molar-refractivity contribution in [3.63, 3.8) is 0 Å². The van der Waals surface area contributed by atoms with Gasteiger partial charge in [0.15, 0.2) is 0 Å². The maximum absolute atomic E-state index is 14.2. The third-order valence-electron chi connectivity index (χ3n) is 9.01. The Labute approximate surface area is 236 Å². The van der Waals surface area contributed by atoms with Crippen LogP contribution in [-0.4, -0.2) is 63.0 Å². The van der Waals surface area contributed by atoms with E-state index in [1.165, 1.54) is 30.0 Å². The van der Waals surface area contributed by atoms with E-state index in [0.717, 1.165) is 66.6 Å². The summed E-state index contributed by atoms with van der Waals surface area (Å²) in [6.45, 7) is 2.52. The molecule has 4 saturated carbocycles. The second-order valence-electron chi connectivity index (χ2n) is 12.2. The number of nitrogens with zero attached hydrogens (tertiary/aromatic N) is 4. The number of nitrogens with one attached hydrogen (secondary N) is 3. The minimum absolute atomic E-state index is 0.0237. The summed E-state index contributed by atoms with van der Waals surface area (Å²) in [6, 6.07) is 4.62. The van der Waals surface area contributed by atoms with Crippen LogP contribution in [0.2, 0.25) is 0 Å². The molecule has 9 nitrogen and oxygen atoms in total. The van der Waals surface area contributed by atoms with Crippen molar-refractivity contribution in [2.24, 2.45) is 17.8 Å². The molecule has 7 rings (SSSR count). The lowest BCUT2D eigenvalue weighted by molar-refractivity contribution is -0.122. The number of benzene rings is 1. The Kier molecular flexibility index (Phi) is 7.63. The zero-order chi connectivity index (χ0) is 27.0. The summed E-state index contributed by atoms with van der Waals surface area (Å²) in [7, 11) is 0. The first kappa shape index (κ1) is 26.7. The van der Waals surface area contributed by atoms with Gasteiger partial charge in [0.1, 0.15) is 11.5 Å². The van der Waals surface area contributed by atoms with Gasteiger partial charge in [-0.25, -0.2) is 13.9 Å². The van der Waals surface area contributed by atoms with Gasteiger partial charge in [0.25, 0.3) is 0 Å². The lowest BCUT2D eigenvalue weighted by Crippen LogP contribution is -2.61. The molecule has 1 aromatic heterocycles. The zero-order valence-electron chi connectivity index (χ0n) is 22.2. The van der Waals surface area contributed by atoms with E-state index in [1.807, 2.05) is 0 Å². The van der Waals surface area contributed by atoms with Crippen LogP contribution in [0.3, 0.4) is 0 Å². The number of piperidine rings is 1. The molecule has 1 saturated heterocycles. The summed E-state index contributed by atoms with van der Waals surface area (Å²) in [4.78, 5) is 27.5. The fourth-order valence-electron chi connectivity index (χ4n) is 7.83. The molecular formula is C28H37BrFN7O2. The Morgan fingerprint density at radius 2 is 1.87 bits per heavy atom. The summed E-state index contributed by atoms with van der Waals surface area (Å²) >= 11 is 3.37. The molecule has 210 valence electrons. The number of amides is 3. The fraction of sp³-hybridized carbons (Fsp3) is 0.643. The molecule has 4 bridgehead atoms. The first-order valence-corrected chi connectivity index (χ1v) is 15.1. The maximum atomic E-state index is 14.2. The monoisotopic (exact) mass is 601 g/mol. The van der Waals surface area contributed by atoms with Gasteiger partial charge in [-0.15, -0.1) is 5.10 Å². The highest BCUT2D eigenvalue weighted by Crippen LogP contribution is 2.55. The van der Waals surface area contributed by atoms with Gasteiger partial charge in [-0.1, -0.05) is 21.1 Å². The van der Waals surface area contributed by atoms with Crippen molar-refractivity contribution in [2.45, 2.75) is 75.9 Å². The number of likely N-dealkylation sites (tertiary alicyclic amines) is 1. The first-order valence-electron chi connectivity index (χ1n) is 14.3. The van der Waals surface area contributed by atoms with Crippen LogP contribution in [0.1, 0.15) is 63.5 Å². The zero-order valence-corrected chi connectivity index (χ0v) is 23.8. The lowest BCUT2D eigenvalue weighted by Gasteiger charge is -2.56. The maximum Gasteiger partial charge on any atom is 0.315 e. The number of aromatic nitrogens is 3. The molecule has 39 heavy (non-hydrogen) atoms. The predicted octanol–water partition coefficient (Wildman–Crippen LogP) is 3.91. The molecule has 5 aliphatic rings. The summed E-state index contributed by atoms with van der Waals surface area (Å²) < 4.78 is 16.4. The van der Waals surface area contributed by atoms with Gasteiger partial charge in [0.05, 0.1) is 11.9 Å². The summed E-state index contributed by atoms with van der Waals surface area (Å²) in [5.41, 5.74) is 1.06. The number of carbonyl (C=O) groups excluding carboxylic acids is 2. The lowest BCUT2D eigenvalue weighted by atomic mass is 9.53. The van der Waals surface area contributed by atoms with Gasteiger partial charge in [0.2, 0.25) is 5.91 Å². The second kappa shape index (κ2) is 11.2. The van der Waals surface area contributed by atoms with E-state index in [0.29, 0.717) is 25.3 Å². The van der Waals surface area contributed by atoms with Crippen LogP contribution in [0.4, 0.5) is 9.18 Å². The fourth-order valence-corrected chi connectivity index (χ4v) is 8.18.